The van der Waals surface area contributed by atoms with Crippen LogP contribution in [0.4, 0.5) is 5.69 Å². The number of hydrogen-bond acceptors (Lipinski definition) is 6. The fraction of sp³-hybridized carbons (Fsp3) is 0.0833. The lowest BCUT2D eigenvalue weighted by Crippen LogP contribution is -2.42. The molecule has 0 aliphatic carbocycles. The maximum Gasteiger partial charge on any atom is 0.290 e. The van der Waals surface area contributed by atoms with Gasteiger partial charge in [-0.3, -0.25) is 30.0 Å². The van der Waals surface area contributed by atoms with E-state index in [0.717, 1.165) is 0 Å². The van der Waals surface area contributed by atoms with Gasteiger partial charge in [0, 0.05) is 23.2 Å². The first-order valence-electron chi connectivity index (χ1n) is 10.6. The minimum absolute atomic E-state index is 0.00647. The summed E-state index contributed by atoms with van der Waals surface area (Å²) in [6.07, 6.45) is 0. The van der Waals surface area contributed by atoms with Gasteiger partial charge in [-0.15, -0.1) is 0 Å². The van der Waals surface area contributed by atoms with Crippen LogP contribution in [-0.4, -0.2) is 30.0 Å². The molecule has 1 heterocycles. The van der Waals surface area contributed by atoms with E-state index in [-0.39, 0.29) is 33.9 Å². The van der Waals surface area contributed by atoms with E-state index in [1.165, 1.54) is 41.1 Å². The summed E-state index contributed by atoms with van der Waals surface area (Å²) >= 11 is 0. The van der Waals surface area contributed by atoms with Gasteiger partial charge in [0.1, 0.15) is 0 Å². The zero-order valence-corrected chi connectivity index (χ0v) is 19.4. The van der Waals surface area contributed by atoms with Crippen molar-refractivity contribution in [3.05, 3.63) is 100 Å². The van der Waals surface area contributed by atoms with Gasteiger partial charge in [-0.05, 0) is 49.4 Å². The maximum atomic E-state index is 12.7. The van der Waals surface area contributed by atoms with E-state index in [1.807, 2.05) is 0 Å². The molecule has 1 aromatic heterocycles. The minimum atomic E-state index is -3.76. The molecule has 0 unspecified atom stereocenters. The van der Waals surface area contributed by atoms with Crippen molar-refractivity contribution in [2.24, 2.45) is 0 Å². The lowest BCUT2D eigenvalue weighted by atomic mass is 10.1. The topological polar surface area (TPSA) is 139 Å². The number of hydrogen-bond donors (Lipinski definition) is 3. The van der Waals surface area contributed by atoms with Crippen molar-refractivity contribution in [2.75, 3.05) is 4.72 Å². The first-order chi connectivity index (χ1) is 16.8. The Labute approximate surface area is 200 Å². The summed E-state index contributed by atoms with van der Waals surface area (Å²) in [4.78, 5) is 37.8. The molecule has 0 saturated heterocycles. The molecule has 0 saturated carbocycles. The van der Waals surface area contributed by atoms with Gasteiger partial charge in [0.05, 0.1) is 10.3 Å². The normalized spacial score (nSPS) is 11.1. The number of anilines is 1. The Kier molecular flexibility index (Phi) is 6.60. The third kappa shape index (κ3) is 5.04. The van der Waals surface area contributed by atoms with Crippen LogP contribution in [0.25, 0.3) is 10.8 Å². The third-order valence-corrected chi connectivity index (χ3v) is 6.52. The van der Waals surface area contributed by atoms with Gasteiger partial charge in [0.25, 0.3) is 27.4 Å². The van der Waals surface area contributed by atoms with Crippen molar-refractivity contribution in [1.82, 2.24) is 20.6 Å². The molecule has 4 aromatic rings. The molecule has 178 valence electrons. The Morgan fingerprint density at radius 1 is 0.829 bits per heavy atom. The molecule has 11 heteroatoms. The van der Waals surface area contributed by atoms with Gasteiger partial charge in [0.15, 0.2) is 5.69 Å². The van der Waals surface area contributed by atoms with Crippen molar-refractivity contribution in [2.45, 2.75) is 18.4 Å². The van der Waals surface area contributed by atoms with Crippen LogP contribution in [-0.2, 0) is 16.6 Å². The van der Waals surface area contributed by atoms with Gasteiger partial charge in [-0.1, -0.05) is 36.4 Å². The lowest BCUT2D eigenvalue weighted by molar-refractivity contribution is 0.0843. The molecule has 0 radical (unpaired) electrons. The molecule has 2 amide bonds. The van der Waals surface area contributed by atoms with Crippen molar-refractivity contribution in [3.8, 4) is 0 Å². The Bertz CT molecular complexity index is 1570. The molecule has 0 fully saturated rings. The van der Waals surface area contributed by atoms with Crippen molar-refractivity contribution in [1.29, 1.82) is 0 Å². The summed E-state index contributed by atoms with van der Waals surface area (Å²) in [5.41, 5.74) is 4.74. The second-order valence-corrected chi connectivity index (χ2v) is 9.10. The lowest BCUT2D eigenvalue weighted by Gasteiger charge is -2.11. The highest BCUT2D eigenvalue weighted by molar-refractivity contribution is 7.92. The number of benzene rings is 3. The number of carbonyl (C=O) groups excluding carboxylic acids is 2. The van der Waals surface area contributed by atoms with E-state index in [2.05, 4.69) is 20.7 Å². The largest absolute Gasteiger partial charge is 0.290 e. The molecule has 3 N–H and O–H groups in total. The van der Waals surface area contributed by atoms with Crippen LogP contribution in [0.1, 0.15) is 27.8 Å². The van der Waals surface area contributed by atoms with E-state index in [1.54, 1.807) is 49.4 Å². The minimum Gasteiger partial charge on any atom is -0.280 e. The molecule has 0 atom stereocenters. The number of aryl methyl sites for hydroxylation is 1. The quantitative estimate of drug-likeness (QED) is 0.354. The van der Waals surface area contributed by atoms with Crippen molar-refractivity contribution < 1.29 is 18.0 Å². The average molecular weight is 492 g/mol. The summed E-state index contributed by atoms with van der Waals surface area (Å²) < 4.78 is 28.5. The zero-order chi connectivity index (χ0) is 25.0. The standard InChI is InChI=1S/C24H21N5O5S/c1-2-29-24(32)20-11-7-6-10-19(20)21(27-29)23(31)26-25-22(30)16-12-14-17(15-13-16)28-35(33,34)18-8-4-3-5-9-18/h3-15,28H,2H2,1H3,(H,25,30)(H,26,31). The number of sulfonamides is 1. The zero-order valence-electron chi connectivity index (χ0n) is 18.6. The van der Waals surface area contributed by atoms with Crippen LogP contribution in [0, 0.1) is 0 Å². The molecule has 0 bridgehead atoms. The molecular formula is C24H21N5O5S. The summed E-state index contributed by atoms with van der Waals surface area (Å²) in [6.45, 7) is 2.01. The molecule has 0 aliphatic heterocycles. The highest BCUT2D eigenvalue weighted by atomic mass is 32.2. The smallest absolute Gasteiger partial charge is 0.280 e. The number of carbonyl (C=O) groups is 2. The fourth-order valence-corrected chi connectivity index (χ4v) is 4.45. The molecule has 0 spiro atoms. The highest BCUT2D eigenvalue weighted by Crippen LogP contribution is 2.17. The van der Waals surface area contributed by atoms with Crippen LogP contribution in [0.2, 0.25) is 0 Å². The molecule has 0 aliphatic rings. The van der Waals surface area contributed by atoms with Crippen molar-refractivity contribution >= 4 is 38.3 Å². The molecule has 3 aromatic carbocycles. The number of amides is 2. The average Bonchev–Trinajstić information content (AvgIpc) is 2.88. The predicted molar refractivity (Wildman–Crippen MR) is 130 cm³/mol. The van der Waals surface area contributed by atoms with Gasteiger partial charge in [0.2, 0.25) is 0 Å². The Balaban J connectivity index is 1.45. The number of nitrogens with one attached hydrogen (secondary N) is 3. The van der Waals surface area contributed by atoms with E-state index < -0.39 is 21.8 Å². The van der Waals surface area contributed by atoms with Gasteiger partial charge < -0.3 is 0 Å². The summed E-state index contributed by atoms with van der Waals surface area (Å²) in [5, 5.41) is 4.82. The van der Waals surface area contributed by atoms with Crippen LogP contribution < -0.4 is 21.1 Å². The fourth-order valence-electron chi connectivity index (χ4n) is 3.37. The van der Waals surface area contributed by atoms with Gasteiger partial charge in [-0.2, -0.15) is 5.10 Å². The third-order valence-electron chi connectivity index (χ3n) is 5.12. The first-order valence-corrected chi connectivity index (χ1v) is 12.1. The number of rotatable bonds is 6. The summed E-state index contributed by atoms with van der Waals surface area (Å²) in [7, 11) is -3.76. The monoisotopic (exact) mass is 491 g/mol. The Hall–Kier alpha value is -4.51. The molecule has 10 nitrogen and oxygen atoms in total. The van der Waals surface area contributed by atoms with Crippen molar-refractivity contribution in [3.63, 3.8) is 0 Å². The first kappa shape index (κ1) is 23.6. The van der Waals surface area contributed by atoms with E-state index in [0.29, 0.717) is 10.8 Å². The van der Waals surface area contributed by atoms with E-state index in [9.17, 15) is 22.8 Å². The molecule has 35 heavy (non-hydrogen) atoms. The SMILES string of the molecule is CCn1nc(C(=O)NNC(=O)c2ccc(NS(=O)(=O)c3ccccc3)cc2)c2ccccc2c1=O. The van der Waals surface area contributed by atoms with Crippen LogP contribution >= 0.6 is 0 Å². The number of hydrazine groups is 1. The number of nitrogens with zero attached hydrogens (tertiary/aromatic N) is 2. The predicted octanol–water partition coefficient (Wildman–Crippen LogP) is 2.29. The van der Waals surface area contributed by atoms with E-state index in [4.69, 9.17) is 0 Å². The molecule has 4 rings (SSSR count). The van der Waals surface area contributed by atoms with Gasteiger partial charge in [-0.25, -0.2) is 13.1 Å². The maximum absolute atomic E-state index is 12.7. The number of aromatic nitrogens is 2. The Morgan fingerprint density at radius 3 is 2.09 bits per heavy atom. The second-order valence-electron chi connectivity index (χ2n) is 7.42. The van der Waals surface area contributed by atoms with Crippen LogP contribution in [0.5, 0.6) is 0 Å². The summed E-state index contributed by atoms with van der Waals surface area (Å²) in [6, 6.07) is 20.2. The Morgan fingerprint density at radius 2 is 1.43 bits per heavy atom. The van der Waals surface area contributed by atoms with E-state index >= 15 is 0 Å². The van der Waals surface area contributed by atoms with Crippen LogP contribution in [0.3, 0.4) is 0 Å². The summed E-state index contributed by atoms with van der Waals surface area (Å²) in [5.74, 6) is -1.31. The van der Waals surface area contributed by atoms with Crippen LogP contribution in [0.15, 0.2) is 88.6 Å². The van der Waals surface area contributed by atoms with Gasteiger partial charge >= 0.3 is 0 Å². The second kappa shape index (κ2) is 9.77. The number of fused-ring (bicyclic) bond motifs is 1. The highest BCUT2D eigenvalue weighted by Gasteiger charge is 2.18. The molecular weight excluding hydrogens is 470 g/mol.